The molecule has 3 nitrogen and oxygen atoms in total. The fraction of sp³-hybridized carbons (Fsp3) is 0.667. The topological polar surface area (TPSA) is 46.2 Å². The Morgan fingerprint density at radius 3 is 2.80 bits per heavy atom. The molecule has 0 rings (SSSR count). The van der Waals surface area contributed by atoms with Gasteiger partial charge in [-0.3, -0.25) is 4.79 Å². The van der Waals surface area contributed by atoms with Crippen LogP contribution >= 0.6 is 15.9 Å². The van der Waals surface area contributed by atoms with Crippen LogP contribution in [0.1, 0.15) is 12.8 Å². The minimum absolute atomic E-state index is 0.0362. The molecule has 0 spiro atoms. The number of nitrogens with one attached hydrogen (secondary N) is 1. The highest BCUT2D eigenvalue weighted by Crippen LogP contribution is 1.82. The second kappa shape index (κ2) is 6.74. The molecular formula is C6H10BrNO2. The molecule has 4 heteroatoms. The third kappa shape index (κ3) is 5.75. The molecule has 0 atom stereocenters. The smallest absolute Gasteiger partial charge is 0.230 e. The van der Waals surface area contributed by atoms with E-state index in [1.54, 1.807) is 0 Å². The first-order valence-corrected chi connectivity index (χ1v) is 4.19. The summed E-state index contributed by atoms with van der Waals surface area (Å²) in [5.41, 5.74) is 0. The van der Waals surface area contributed by atoms with Crippen LogP contribution in [0.4, 0.5) is 0 Å². The lowest BCUT2D eigenvalue weighted by molar-refractivity contribution is -0.118. The highest BCUT2D eigenvalue weighted by molar-refractivity contribution is 9.09. The first kappa shape index (κ1) is 9.62. The summed E-state index contributed by atoms with van der Waals surface area (Å²) in [5, 5.41) is 2.95. The summed E-state index contributed by atoms with van der Waals surface area (Å²) in [6.45, 7) is 0.586. The summed E-state index contributed by atoms with van der Waals surface area (Å²) in [7, 11) is 0. The fourth-order valence-corrected chi connectivity index (χ4v) is 0.659. The van der Waals surface area contributed by atoms with E-state index in [-0.39, 0.29) is 5.91 Å². The van der Waals surface area contributed by atoms with E-state index >= 15 is 0 Å². The molecule has 0 aromatic carbocycles. The molecule has 0 fully saturated rings. The van der Waals surface area contributed by atoms with Crippen LogP contribution in [-0.4, -0.2) is 24.1 Å². The number of carbonyl (C=O) groups is 2. The predicted octanol–water partition coefficient (Wildman–Crippen LogP) is 0.477. The van der Waals surface area contributed by atoms with Crippen molar-refractivity contribution in [2.24, 2.45) is 0 Å². The van der Waals surface area contributed by atoms with E-state index in [0.29, 0.717) is 18.3 Å². The van der Waals surface area contributed by atoms with Crippen LogP contribution in [-0.2, 0) is 9.59 Å². The molecule has 1 N–H and O–H groups in total. The van der Waals surface area contributed by atoms with Gasteiger partial charge in [0.1, 0.15) is 6.29 Å². The second-order valence-corrected chi connectivity index (χ2v) is 2.35. The van der Waals surface area contributed by atoms with Crippen molar-refractivity contribution in [2.75, 3.05) is 11.9 Å². The molecule has 58 valence electrons. The van der Waals surface area contributed by atoms with Crippen molar-refractivity contribution >= 4 is 28.1 Å². The SMILES string of the molecule is O=CCCCNC(=O)CBr. The lowest BCUT2D eigenvalue weighted by Crippen LogP contribution is -2.25. The number of halogens is 1. The second-order valence-electron chi connectivity index (χ2n) is 1.79. The van der Waals surface area contributed by atoms with E-state index in [2.05, 4.69) is 21.2 Å². The molecule has 0 aliphatic carbocycles. The maximum atomic E-state index is 10.5. The molecule has 1 amide bonds. The molecule has 0 aliphatic rings. The summed E-state index contributed by atoms with van der Waals surface area (Å²) in [6.07, 6.45) is 2.09. The third-order valence-electron chi connectivity index (χ3n) is 0.942. The van der Waals surface area contributed by atoms with E-state index in [4.69, 9.17) is 0 Å². The maximum absolute atomic E-state index is 10.5. The van der Waals surface area contributed by atoms with Gasteiger partial charge in [-0.25, -0.2) is 0 Å². The number of aldehydes is 1. The first-order chi connectivity index (χ1) is 4.81. The summed E-state index contributed by atoms with van der Waals surface area (Å²) in [4.78, 5) is 20.3. The van der Waals surface area contributed by atoms with Gasteiger partial charge in [-0.05, 0) is 6.42 Å². The standard InChI is InChI=1S/C6H10BrNO2/c7-5-6(10)8-3-1-2-4-9/h4H,1-3,5H2,(H,8,10). The summed E-state index contributed by atoms with van der Waals surface area (Å²) < 4.78 is 0. The van der Waals surface area contributed by atoms with Gasteiger partial charge in [0.25, 0.3) is 0 Å². The number of alkyl halides is 1. The van der Waals surface area contributed by atoms with Crippen LogP contribution in [0.2, 0.25) is 0 Å². The number of carbonyl (C=O) groups excluding carboxylic acids is 2. The van der Waals surface area contributed by atoms with Crippen molar-refractivity contribution in [1.82, 2.24) is 5.32 Å². The molecule has 0 aromatic rings. The number of hydrogen-bond donors (Lipinski definition) is 1. The molecule has 0 unspecified atom stereocenters. The van der Waals surface area contributed by atoms with Gasteiger partial charge in [0.15, 0.2) is 0 Å². The van der Waals surface area contributed by atoms with Gasteiger partial charge >= 0.3 is 0 Å². The van der Waals surface area contributed by atoms with Gasteiger partial charge in [-0.2, -0.15) is 0 Å². The van der Waals surface area contributed by atoms with E-state index in [0.717, 1.165) is 12.7 Å². The number of hydrogen-bond acceptors (Lipinski definition) is 2. The van der Waals surface area contributed by atoms with Crippen molar-refractivity contribution in [3.05, 3.63) is 0 Å². The van der Waals surface area contributed by atoms with E-state index < -0.39 is 0 Å². The summed E-state index contributed by atoms with van der Waals surface area (Å²) in [6, 6.07) is 0. The Kier molecular flexibility index (Phi) is 6.48. The summed E-state index contributed by atoms with van der Waals surface area (Å²) >= 11 is 3.00. The molecule has 0 saturated carbocycles. The highest BCUT2D eigenvalue weighted by Gasteiger charge is 1.94. The quantitative estimate of drug-likeness (QED) is 0.405. The Morgan fingerprint density at radius 1 is 1.60 bits per heavy atom. The number of amides is 1. The van der Waals surface area contributed by atoms with Crippen LogP contribution in [0, 0.1) is 0 Å². The Morgan fingerprint density at radius 2 is 2.30 bits per heavy atom. The lowest BCUT2D eigenvalue weighted by Gasteiger charge is -1.98. The van der Waals surface area contributed by atoms with Gasteiger partial charge in [0, 0.05) is 13.0 Å². The Labute approximate surface area is 68.3 Å². The first-order valence-electron chi connectivity index (χ1n) is 3.07. The van der Waals surface area contributed by atoms with E-state index in [1.807, 2.05) is 0 Å². The molecular weight excluding hydrogens is 198 g/mol. The fourth-order valence-electron chi connectivity index (χ4n) is 0.460. The molecule has 10 heavy (non-hydrogen) atoms. The van der Waals surface area contributed by atoms with Gasteiger partial charge in [-0.1, -0.05) is 15.9 Å². The average molecular weight is 208 g/mol. The van der Waals surface area contributed by atoms with Crippen LogP contribution in [0.25, 0.3) is 0 Å². The van der Waals surface area contributed by atoms with Crippen LogP contribution in [0.3, 0.4) is 0 Å². The van der Waals surface area contributed by atoms with E-state index in [9.17, 15) is 9.59 Å². The van der Waals surface area contributed by atoms with Crippen LogP contribution < -0.4 is 5.32 Å². The monoisotopic (exact) mass is 207 g/mol. The maximum Gasteiger partial charge on any atom is 0.230 e. The average Bonchev–Trinajstić information content (AvgIpc) is 1.98. The lowest BCUT2D eigenvalue weighted by atomic mass is 10.3. The van der Waals surface area contributed by atoms with E-state index in [1.165, 1.54) is 0 Å². The van der Waals surface area contributed by atoms with Gasteiger partial charge < -0.3 is 10.1 Å². The zero-order chi connectivity index (χ0) is 7.82. The van der Waals surface area contributed by atoms with Crippen LogP contribution in [0.15, 0.2) is 0 Å². The largest absolute Gasteiger partial charge is 0.355 e. The molecule has 0 saturated heterocycles. The Balaban J connectivity index is 3.03. The van der Waals surface area contributed by atoms with Crippen molar-refractivity contribution in [3.8, 4) is 0 Å². The molecule has 0 radical (unpaired) electrons. The van der Waals surface area contributed by atoms with Gasteiger partial charge in [0.05, 0.1) is 5.33 Å². The zero-order valence-corrected chi connectivity index (χ0v) is 7.19. The van der Waals surface area contributed by atoms with Crippen molar-refractivity contribution in [2.45, 2.75) is 12.8 Å². The highest BCUT2D eigenvalue weighted by atomic mass is 79.9. The van der Waals surface area contributed by atoms with Crippen LogP contribution in [0.5, 0.6) is 0 Å². The van der Waals surface area contributed by atoms with Crippen molar-refractivity contribution < 1.29 is 9.59 Å². The molecule has 0 bridgehead atoms. The minimum Gasteiger partial charge on any atom is -0.355 e. The Hall–Kier alpha value is -0.380. The summed E-state index contributed by atoms with van der Waals surface area (Å²) in [5.74, 6) is -0.0362. The number of unbranched alkanes of at least 4 members (excludes halogenated alkanes) is 1. The molecule has 0 heterocycles. The molecule has 0 aliphatic heterocycles. The normalized spacial score (nSPS) is 8.90. The number of rotatable bonds is 5. The minimum atomic E-state index is -0.0362. The van der Waals surface area contributed by atoms with Gasteiger partial charge in [-0.15, -0.1) is 0 Å². The predicted molar refractivity (Wildman–Crippen MR) is 42.1 cm³/mol. The molecule has 0 aromatic heterocycles. The van der Waals surface area contributed by atoms with Gasteiger partial charge in [0.2, 0.25) is 5.91 Å². The zero-order valence-electron chi connectivity index (χ0n) is 5.60. The van der Waals surface area contributed by atoms with Crippen molar-refractivity contribution in [3.63, 3.8) is 0 Å². The Bertz CT molecular complexity index is 116. The van der Waals surface area contributed by atoms with Crippen molar-refractivity contribution in [1.29, 1.82) is 0 Å². The third-order valence-corrected chi connectivity index (χ3v) is 1.45.